The first-order valence-corrected chi connectivity index (χ1v) is 7.06. The van der Waals surface area contributed by atoms with Crippen LogP contribution in [0.2, 0.25) is 0 Å². The average Bonchev–Trinajstić information content (AvgIpc) is 3.29. The van der Waals surface area contributed by atoms with E-state index in [2.05, 4.69) is 5.32 Å². The Bertz CT molecular complexity index is 472. The maximum Gasteiger partial charge on any atom is 0.244 e. The van der Waals surface area contributed by atoms with Gasteiger partial charge in [0.05, 0.1) is 0 Å². The van der Waals surface area contributed by atoms with Crippen LogP contribution in [0.15, 0.2) is 30.3 Å². The lowest BCUT2D eigenvalue weighted by molar-refractivity contribution is -0.117. The van der Waals surface area contributed by atoms with Crippen molar-refractivity contribution in [2.24, 2.45) is 11.8 Å². The van der Waals surface area contributed by atoms with Gasteiger partial charge in [0.1, 0.15) is 0 Å². The standard InChI is InChI=1S/C16H20N2O/c17-14-8-1-11(2-9-14)3-10-15(19)18-16(12-4-5-12)13-6-7-13/h1-3,8-10,12-13,16H,4-7,17H2,(H,18,19)/b10-3+. The van der Waals surface area contributed by atoms with E-state index >= 15 is 0 Å². The molecule has 100 valence electrons. The third-order valence-corrected chi connectivity index (χ3v) is 3.93. The van der Waals surface area contributed by atoms with Crippen molar-refractivity contribution in [2.45, 2.75) is 31.7 Å². The summed E-state index contributed by atoms with van der Waals surface area (Å²) in [7, 11) is 0. The zero-order valence-electron chi connectivity index (χ0n) is 11.0. The minimum atomic E-state index is 0.0284. The Hall–Kier alpha value is -1.77. The molecule has 0 heterocycles. The molecule has 3 heteroatoms. The van der Waals surface area contributed by atoms with Gasteiger partial charge in [0.2, 0.25) is 5.91 Å². The van der Waals surface area contributed by atoms with E-state index in [1.54, 1.807) is 6.08 Å². The number of hydrogen-bond donors (Lipinski definition) is 2. The first kappa shape index (κ1) is 12.3. The summed E-state index contributed by atoms with van der Waals surface area (Å²) in [4.78, 5) is 11.9. The summed E-state index contributed by atoms with van der Waals surface area (Å²) >= 11 is 0. The Morgan fingerprint density at radius 3 is 2.26 bits per heavy atom. The number of anilines is 1. The van der Waals surface area contributed by atoms with Crippen LogP contribution in [0, 0.1) is 11.8 Å². The Morgan fingerprint density at radius 2 is 1.74 bits per heavy atom. The van der Waals surface area contributed by atoms with Crippen LogP contribution in [0.3, 0.4) is 0 Å². The molecule has 0 spiro atoms. The maximum atomic E-state index is 11.9. The molecule has 2 saturated carbocycles. The average molecular weight is 256 g/mol. The van der Waals surface area contributed by atoms with Gasteiger partial charge < -0.3 is 11.1 Å². The molecule has 2 fully saturated rings. The predicted molar refractivity (Wildman–Crippen MR) is 77.3 cm³/mol. The van der Waals surface area contributed by atoms with Crippen LogP contribution in [0.25, 0.3) is 6.08 Å². The van der Waals surface area contributed by atoms with Gasteiger partial charge in [0.15, 0.2) is 0 Å². The maximum absolute atomic E-state index is 11.9. The minimum Gasteiger partial charge on any atom is -0.399 e. The zero-order valence-corrected chi connectivity index (χ0v) is 11.0. The van der Waals surface area contributed by atoms with Crippen LogP contribution >= 0.6 is 0 Å². The molecule has 3 nitrogen and oxygen atoms in total. The monoisotopic (exact) mass is 256 g/mol. The number of benzene rings is 1. The molecule has 3 N–H and O–H groups in total. The molecule has 0 bridgehead atoms. The van der Waals surface area contributed by atoms with Gasteiger partial charge in [-0.15, -0.1) is 0 Å². The fourth-order valence-electron chi connectivity index (χ4n) is 2.52. The highest BCUT2D eigenvalue weighted by Gasteiger charge is 2.41. The van der Waals surface area contributed by atoms with E-state index < -0.39 is 0 Å². The molecule has 0 aromatic heterocycles. The molecule has 0 saturated heterocycles. The van der Waals surface area contributed by atoms with Gasteiger partial charge in [-0.05, 0) is 61.3 Å². The van der Waals surface area contributed by atoms with E-state index in [9.17, 15) is 4.79 Å². The number of nitrogen functional groups attached to an aromatic ring is 1. The summed E-state index contributed by atoms with van der Waals surface area (Å²) in [5, 5.41) is 3.17. The molecule has 2 aliphatic rings. The number of nitrogens with two attached hydrogens (primary N) is 1. The quantitative estimate of drug-likeness (QED) is 0.628. The van der Waals surface area contributed by atoms with Gasteiger partial charge in [-0.1, -0.05) is 12.1 Å². The number of carbonyl (C=O) groups is 1. The molecule has 0 unspecified atom stereocenters. The lowest BCUT2D eigenvalue weighted by Crippen LogP contribution is -2.37. The molecule has 19 heavy (non-hydrogen) atoms. The number of nitrogens with one attached hydrogen (secondary N) is 1. The van der Waals surface area contributed by atoms with Crippen LogP contribution in [0.5, 0.6) is 0 Å². The largest absolute Gasteiger partial charge is 0.399 e. The van der Waals surface area contributed by atoms with E-state index in [1.807, 2.05) is 30.3 Å². The van der Waals surface area contributed by atoms with Crippen molar-refractivity contribution in [3.63, 3.8) is 0 Å². The van der Waals surface area contributed by atoms with E-state index in [4.69, 9.17) is 5.73 Å². The second-order valence-electron chi connectivity index (χ2n) is 5.71. The summed E-state index contributed by atoms with van der Waals surface area (Å²) in [6, 6.07) is 7.93. The van der Waals surface area contributed by atoms with Gasteiger partial charge in [0.25, 0.3) is 0 Å². The van der Waals surface area contributed by atoms with E-state index in [1.165, 1.54) is 25.7 Å². The van der Waals surface area contributed by atoms with E-state index in [0.717, 1.165) is 23.1 Å². The minimum absolute atomic E-state index is 0.0284. The van der Waals surface area contributed by atoms with Gasteiger partial charge in [-0.3, -0.25) is 4.79 Å². The lowest BCUT2D eigenvalue weighted by atomic mass is 10.1. The van der Waals surface area contributed by atoms with Crippen molar-refractivity contribution in [3.05, 3.63) is 35.9 Å². The molecule has 2 aliphatic carbocycles. The van der Waals surface area contributed by atoms with Crippen LogP contribution in [0.4, 0.5) is 5.69 Å². The Kier molecular flexibility index (Phi) is 3.28. The number of hydrogen-bond acceptors (Lipinski definition) is 2. The molecule has 0 atom stereocenters. The van der Waals surface area contributed by atoms with Crippen molar-refractivity contribution in [1.82, 2.24) is 5.32 Å². The second kappa shape index (κ2) is 5.08. The lowest BCUT2D eigenvalue weighted by Gasteiger charge is -2.16. The van der Waals surface area contributed by atoms with Crippen molar-refractivity contribution >= 4 is 17.7 Å². The molecule has 1 aromatic carbocycles. The third-order valence-electron chi connectivity index (χ3n) is 3.93. The van der Waals surface area contributed by atoms with Gasteiger partial charge in [0, 0.05) is 17.8 Å². The Labute approximate surface area is 113 Å². The highest BCUT2D eigenvalue weighted by atomic mass is 16.1. The van der Waals surface area contributed by atoms with Crippen LogP contribution in [-0.4, -0.2) is 11.9 Å². The fraction of sp³-hybridized carbons (Fsp3) is 0.438. The molecular formula is C16H20N2O. The number of rotatable bonds is 5. The summed E-state index contributed by atoms with van der Waals surface area (Å²) in [6.07, 6.45) is 8.59. The number of carbonyl (C=O) groups excluding carboxylic acids is 1. The smallest absolute Gasteiger partial charge is 0.244 e. The SMILES string of the molecule is Nc1ccc(/C=C/C(=O)NC(C2CC2)C2CC2)cc1. The first-order chi connectivity index (χ1) is 9.22. The molecule has 1 amide bonds. The summed E-state index contributed by atoms with van der Waals surface area (Å²) in [5.74, 6) is 1.50. The van der Waals surface area contributed by atoms with Crippen LogP contribution < -0.4 is 11.1 Å². The Morgan fingerprint density at radius 1 is 1.16 bits per heavy atom. The van der Waals surface area contributed by atoms with Crippen molar-refractivity contribution in [3.8, 4) is 0 Å². The molecule has 0 radical (unpaired) electrons. The molecule has 3 rings (SSSR count). The van der Waals surface area contributed by atoms with Crippen molar-refractivity contribution < 1.29 is 4.79 Å². The zero-order chi connectivity index (χ0) is 13.2. The normalized spacial score (nSPS) is 19.0. The number of amides is 1. The van der Waals surface area contributed by atoms with E-state index in [0.29, 0.717) is 6.04 Å². The highest BCUT2D eigenvalue weighted by Crippen LogP contribution is 2.44. The summed E-state index contributed by atoms with van der Waals surface area (Å²) in [5.41, 5.74) is 7.36. The van der Waals surface area contributed by atoms with Gasteiger partial charge in [-0.25, -0.2) is 0 Å². The molecular weight excluding hydrogens is 236 g/mol. The second-order valence-corrected chi connectivity index (χ2v) is 5.71. The van der Waals surface area contributed by atoms with Gasteiger partial charge in [-0.2, -0.15) is 0 Å². The topological polar surface area (TPSA) is 55.1 Å². The van der Waals surface area contributed by atoms with E-state index in [-0.39, 0.29) is 5.91 Å². The molecule has 0 aliphatic heterocycles. The predicted octanol–water partition coefficient (Wildman–Crippen LogP) is 2.59. The van der Waals surface area contributed by atoms with Crippen LogP contribution in [-0.2, 0) is 4.79 Å². The highest BCUT2D eigenvalue weighted by molar-refractivity contribution is 5.92. The third kappa shape index (κ3) is 3.37. The Balaban J connectivity index is 1.56. The fourth-order valence-corrected chi connectivity index (χ4v) is 2.52. The first-order valence-electron chi connectivity index (χ1n) is 7.06. The summed E-state index contributed by atoms with van der Waals surface area (Å²) < 4.78 is 0. The van der Waals surface area contributed by atoms with Crippen LogP contribution in [0.1, 0.15) is 31.2 Å². The van der Waals surface area contributed by atoms with Gasteiger partial charge >= 0.3 is 0 Å². The van der Waals surface area contributed by atoms with Crippen molar-refractivity contribution in [1.29, 1.82) is 0 Å². The summed E-state index contributed by atoms with van der Waals surface area (Å²) in [6.45, 7) is 0. The molecule has 1 aromatic rings. The van der Waals surface area contributed by atoms with Crippen molar-refractivity contribution in [2.75, 3.05) is 5.73 Å².